The largest absolute Gasteiger partial charge is 0.389 e. The lowest BCUT2D eigenvalue weighted by atomic mass is 9.65. The highest BCUT2D eigenvalue weighted by atomic mass is 32.1. The summed E-state index contributed by atoms with van der Waals surface area (Å²) >= 11 is 1.37. The molecule has 0 aromatic carbocycles. The van der Waals surface area contributed by atoms with Crippen molar-refractivity contribution in [2.45, 2.75) is 63.8 Å². The van der Waals surface area contributed by atoms with Gasteiger partial charge in [-0.1, -0.05) is 19.8 Å². The van der Waals surface area contributed by atoms with Crippen LogP contribution in [0.3, 0.4) is 0 Å². The molecule has 170 valence electrons. The van der Waals surface area contributed by atoms with Crippen LogP contribution in [0.2, 0.25) is 0 Å². The van der Waals surface area contributed by atoms with E-state index in [9.17, 15) is 27.9 Å². The minimum absolute atomic E-state index is 0.0603. The van der Waals surface area contributed by atoms with Crippen LogP contribution in [0.25, 0.3) is 10.2 Å². The van der Waals surface area contributed by atoms with Crippen molar-refractivity contribution in [1.82, 2.24) is 14.5 Å². The van der Waals surface area contributed by atoms with Gasteiger partial charge in [0.05, 0.1) is 30.3 Å². The number of nitrogens with zero attached hydrogens (tertiary/aromatic N) is 3. The lowest BCUT2D eigenvalue weighted by Crippen LogP contribution is -2.62. The average Bonchev–Trinajstić information content (AvgIpc) is 3.35. The lowest BCUT2D eigenvalue weighted by Gasteiger charge is -2.52. The summed E-state index contributed by atoms with van der Waals surface area (Å²) < 4.78 is 39.7. The van der Waals surface area contributed by atoms with Crippen molar-refractivity contribution in [3.05, 3.63) is 28.1 Å². The maximum atomic E-state index is 12.9. The highest BCUT2D eigenvalue weighted by molar-refractivity contribution is 7.16. The Morgan fingerprint density at radius 1 is 1.32 bits per heavy atom. The molecule has 1 N–H and O–H groups in total. The van der Waals surface area contributed by atoms with E-state index in [1.54, 1.807) is 11.4 Å². The predicted octanol–water partition coefficient (Wildman–Crippen LogP) is 3.57. The topological polar surface area (TPSA) is 75.4 Å². The van der Waals surface area contributed by atoms with E-state index < -0.39 is 35.4 Å². The average molecular weight is 458 g/mol. The van der Waals surface area contributed by atoms with Gasteiger partial charge in [-0.15, -0.1) is 11.3 Å². The lowest BCUT2D eigenvalue weighted by molar-refractivity contribution is -0.172. The first-order valence-corrected chi connectivity index (χ1v) is 11.4. The van der Waals surface area contributed by atoms with Gasteiger partial charge in [-0.05, 0) is 30.7 Å². The van der Waals surface area contributed by atoms with Gasteiger partial charge in [0.25, 0.3) is 5.56 Å². The van der Waals surface area contributed by atoms with Gasteiger partial charge in [0, 0.05) is 24.4 Å². The first kappa shape index (κ1) is 22.3. The summed E-state index contributed by atoms with van der Waals surface area (Å²) in [6.45, 7) is 1.75. The van der Waals surface area contributed by atoms with E-state index in [1.165, 1.54) is 34.1 Å². The molecule has 3 heterocycles. The van der Waals surface area contributed by atoms with E-state index in [1.807, 2.05) is 0 Å². The van der Waals surface area contributed by atoms with Crippen LogP contribution in [0.15, 0.2) is 22.6 Å². The van der Waals surface area contributed by atoms with Gasteiger partial charge in [-0.3, -0.25) is 14.2 Å². The molecule has 2 unspecified atom stereocenters. The fourth-order valence-electron chi connectivity index (χ4n) is 5.32. The Balaban J connectivity index is 1.58. The number of amides is 1. The van der Waals surface area contributed by atoms with Crippen LogP contribution in [-0.4, -0.2) is 50.3 Å². The molecular weight excluding hydrogens is 431 g/mol. The van der Waals surface area contributed by atoms with Crippen LogP contribution in [0.5, 0.6) is 0 Å². The van der Waals surface area contributed by atoms with Gasteiger partial charge >= 0.3 is 6.18 Å². The molecule has 1 aliphatic heterocycles. The number of aliphatic hydroxyl groups is 1. The molecule has 4 rings (SSSR count). The highest BCUT2D eigenvalue weighted by Crippen LogP contribution is 2.51. The third kappa shape index (κ3) is 4.11. The van der Waals surface area contributed by atoms with Crippen LogP contribution >= 0.6 is 11.3 Å². The minimum Gasteiger partial charge on any atom is -0.387 e. The molecule has 6 nitrogen and oxygen atoms in total. The van der Waals surface area contributed by atoms with Gasteiger partial charge in [-0.2, -0.15) is 13.2 Å². The number of alkyl halides is 3. The highest BCUT2D eigenvalue weighted by Gasteiger charge is 2.56. The number of thiophene rings is 1. The molecule has 1 saturated heterocycles. The fourth-order valence-corrected chi connectivity index (χ4v) is 6.04. The predicted molar refractivity (Wildman–Crippen MR) is 111 cm³/mol. The third-order valence-electron chi connectivity index (χ3n) is 6.99. The molecule has 31 heavy (non-hydrogen) atoms. The molecule has 0 radical (unpaired) electrons. The number of piperidine rings is 1. The van der Waals surface area contributed by atoms with Crippen molar-refractivity contribution >= 4 is 27.5 Å². The van der Waals surface area contributed by atoms with Crippen LogP contribution in [-0.2, 0) is 11.3 Å². The number of halogens is 3. The summed E-state index contributed by atoms with van der Waals surface area (Å²) in [5, 5.41) is 14.0. The van der Waals surface area contributed by atoms with E-state index in [4.69, 9.17) is 0 Å². The van der Waals surface area contributed by atoms with Crippen molar-refractivity contribution in [2.24, 2.45) is 11.3 Å². The normalized spacial score (nSPS) is 24.7. The Hall–Kier alpha value is -1.94. The molecule has 1 saturated carbocycles. The molecular formula is C21H26F3N3O3S. The zero-order valence-corrected chi connectivity index (χ0v) is 18.1. The molecule has 2 aliphatic rings. The van der Waals surface area contributed by atoms with Crippen LogP contribution in [0.1, 0.15) is 45.4 Å². The van der Waals surface area contributed by atoms with Gasteiger partial charge < -0.3 is 10.0 Å². The van der Waals surface area contributed by atoms with E-state index in [0.717, 1.165) is 12.8 Å². The Morgan fingerprint density at radius 2 is 2.03 bits per heavy atom. The van der Waals surface area contributed by atoms with Crippen molar-refractivity contribution in [3.63, 3.8) is 0 Å². The van der Waals surface area contributed by atoms with Gasteiger partial charge in [0.2, 0.25) is 5.91 Å². The van der Waals surface area contributed by atoms with Crippen molar-refractivity contribution in [2.75, 3.05) is 13.1 Å². The van der Waals surface area contributed by atoms with E-state index >= 15 is 0 Å². The van der Waals surface area contributed by atoms with Crippen LogP contribution in [0.4, 0.5) is 13.2 Å². The maximum absolute atomic E-state index is 12.9. The summed E-state index contributed by atoms with van der Waals surface area (Å²) in [6, 6.07) is 1.71. The number of hydrogen-bond acceptors (Lipinski definition) is 5. The monoisotopic (exact) mass is 457 g/mol. The van der Waals surface area contributed by atoms with Gasteiger partial charge in [-0.25, -0.2) is 4.98 Å². The van der Waals surface area contributed by atoms with Crippen molar-refractivity contribution in [3.8, 4) is 0 Å². The Morgan fingerprint density at radius 3 is 2.71 bits per heavy atom. The molecule has 2 fully saturated rings. The third-order valence-corrected chi connectivity index (χ3v) is 7.81. The second-order valence-electron chi connectivity index (χ2n) is 9.07. The zero-order chi connectivity index (χ0) is 22.4. The summed E-state index contributed by atoms with van der Waals surface area (Å²) in [5.41, 5.74) is -2.09. The number of hydrogen-bond donors (Lipinski definition) is 1. The minimum atomic E-state index is -4.40. The first-order valence-electron chi connectivity index (χ1n) is 10.5. The Bertz CT molecular complexity index is 1030. The smallest absolute Gasteiger partial charge is 0.387 e. The molecule has 2 aromatic rings. The number of carbonyl (C=O) groups is 1. The van der Waals surface area contributed by atoms with Gasteiger partial charge in [0.1, 0.15) is 4.83 Å². The van der Waals surface area contributed by atoms with Gasteiger partial charge in [0.15, 0.2) is 0 Å². The summed E-state index contributed by atoms with van der Waals surface area (Å²) in [4.78, 5) is 32.0. The van der Waals surface area contributed by atoms with Crippen LogP contribution in [0, 0.1) is 11.3 Å². The van der Waals surface area contributed by atoms with E-state index in [0.29, 0.717) is 23.1 Å². The second kappa shape index (κ2) is 7.88. The number of aromatic nitrogens is 2. The fraction of sp³-hybridized carbons (Fsp3) is 0.667. The zero-order valence-electron chi connectivity index (χ0n) is 17.3. The molecule has 1 amide bonds. The van der Waals surface area contributed by atoms with Crippen molar-refractivity contribution < 1.29 is 23.1 Å². The SMILES string of the molecule is CC(CC(F)(F)F)C(=O)N1CCC(O)(Cn2cnc3sccc3c2=O)C2(CCCC2)C1. The Kier molecular flexibility index (Phi) is 5.66. The summed E-state index contributed by atoms with van der Waals surface area (Å²) in [7, 11) is 0. The molecule has 1 aliphatic carbocycles. The number of likely N-dealkylation sites (tertiary alicyclic amines) is 1. The molecule has 1 spiro atoms. The quantitative estimate of drug-likeness (QED) is 0.762. The maximum Gasteiger partial charge on any atom is 0.389 e. The van der Waals surface area contributed by atoms with Crippen LogP contribution < -0.4 is 5.56 Å². The number of rotatable bonds is 4. The Labute approximate surface area is 181 Å². The van der Waals surface area contributed by atoms with Crippen molar-refractivity contribution in [1.29, 1.82) is 0 Å². The summed E-state index contributed by atoms with van der Waals surface area (Å²) in [5.74, 6) is -1.68. The molecule has 0 bridgehead atoms. The molecule has 2 atom stereocenters. The van der Waals surface area contributed by atoms with E-state index in [2.05, 4.69) is 4.98 Å². The molecule has 2 aromatic heterocycles. The standard InChI is InChI=1S/C21H26F3N3O3S/c1-14(10-21(22,23)24)17(28)26-8-7-20(30,19(11-26)5-2-3-6-19)12-27-13-25-16-15(18(27)29)4-9-31-16/h4,9,13-14,30H,2-3,5-8,10-12H2,1H3. The number of carbonyl (C=O) groups excluding carboxylic acids is 1. The second-order valence-corrected chi connectivity index (χ2v) is 9.96. The molecule has 10 heteroatoms. The summed E-state index contributed by atoms with van der Waals surface area (Å²) in [6.07, 6.45) is -0.797. The number of fused-ring (bicyclic) bond motifs is 1. The van der Waals surface area contributed by atoms with E-state index in [-0.39, 0.29) is 31.6 Å². The first-order chi connectivity index (χ1) is 14.5.